The Morgan fingerprint density at radius 2 is 2.00 bits per heavy atom. The van der Waals surface area contributed by atoms with Gasteiger partial charge in [-0.1, -0.05) is 38.1 Å². The molecule has 0 heterocycles. The largest absolute Gasteiger partial charge is 0.487 e. The quantitative estimate of drug-likeness (QED) is 0.529. The standard InChI is InChI=1S/C16H22O3/c1-4-5-9-15(12-18-16(17)13(2)3)19-14-10-7-6-8-11-14/h6-8,10-11,15H,2,4-5,9,12H2,1,3H3. The number of ether oxygens (including phenoxy) is 2. The van der Waals surface area contributed by atoms with Crippen LogP contribution in [0, 0.1) is 0 Å². The van der Waals surface area contributed by atoms with Crippen LogP contribution in [0.2, 0.25) is 0 Å². The Morgan fingerprint density at radius 1 is 1.32 bits per heavy atom. The fourth-order valence-corrected chi connectivity index (χ4v) is 1.59. The topological polar surface area (TPSA) is 35.5 Å². The lowest BCUT2D eigenvalue weighted by molar-refractivity contribution is -0.141. The normalized spacial score (nSPS) is 11.7. The Hall–Kier alpha value is -1.77. The van der Waals surface area contributed by atoms with Crippen LogP contribution in [-0.2, 0) is 9.53 Å². The predicted molar refractivity (Wildman–Crippen MR) is 76.2 cm³/mol. The zero-order chi connectivity index (χ0) is 14.1. The van der Waals surface area contributed by atoms with Crippen molar-refractivity contribution >= 4 is 5.97 Å². The first-order chi connectivity index (χ1) is 9.13. The van der Waals surface area contributed by atoms with Crippen molar-refractivity contribution in [2.45, 2.75) is 39.2 Å². The number of carbonyl (C=O) groups is 1. The van der Waals surface area contributed by atoms with Gasteiger partial charge in [0.05, 0.1) is 0 Å². The van der Waals surface area contributed by atoms with Gasteiger partial charge in [0.1, 0.15) is 18.5 Å². The molecule has 1 aromatic rings. The third kappa shape index (κ3) is 6.09. The van der Waals surface area contributed by atoms with Gasteiger partial charge in [0.25, 0.3) is 0 Å². The van der Waals surface area contributed by atoms with Crippen LogP contribution in [-0.4, -0.2) is 18.7 Å². The van der Waals surface area contributed by atoms with Crippen molar-refractivity contribution in [2.24, 2.45) is 0 Å². The predicted octanol–water partition coefficient (Wildman–Crippen LogP) is 3.74. The van der Waals surface area contributed by atoms with Crippen LogP contribution >= 0.6 is 0 Å². The molecule has 0 saturated heterocycles. The van der Waals surface area contributed by atoms with E-state index in [9.17, 15) is 4.79 Å². The Balaban J connectivity index is 2.51. The lowest BCUT2D eigenvalue weighted by atomic mass is 10.1. The summed E-state index contributed by atoms with van der Waals surface area (Å²) in [5.41, 5.74) is 0.411. The number of rotatable bonds is 8. The van der Waals surface area contributed by atoms with Crippen LogP contribution < -0.4 is 4.74 Å². The van der Waals surface area contributed by atoms with Crippen LogP contribution in [0.5, 0.6) is 5.75 Å². The molecule has 0 aromatic heterocycles. The second-order valence-corrected chi connectivity index (χ2v) is 4.57. The number of unbranched alkanes of at least 4 members (excludes halogenated alkanes) is 1. The van der Waals surface area contributed by atoms with Gasteiger partial charge in [-0.05, 0) is 31.9 Å². The number of hydrogen-bond donors (Lipinski definition) is 0. The van der Waals surface area contributed by atoms with Crippen molar-refractivity contribution in [1.29, 1.82) is 0 Å². The molecule has 0 fully saturated rings. The van der Waals surface area contributed by atoms with E-state index in [1.54, 1.807) is 6.92 Å². The van der Waals surface area contributed by atoms with Crippen LogP contribution in [0.1, 0.15) is 33.1 Å². The summed E-state index contributed by atoms with van der Waals surface area (Å²) in [4.78, 5) is 11.4. The van der Waals surface area contributed by atoms with Crippen LogP contribution in [0.15, 0.2) is 42.5 Å². The van der Waals surface area contributed by atoms with Gasteiger partial charge < -0.3 is 9.47 Å². The van der Waals surface area contributed by atoms with Crippen LogP contribution in [0.25, 0.3) is 0 Å². The molecule has 19 heavy (non-hydrogen) atoms. The minimum atomic E-state index is -0.363. The molecule has 1 atom stereocenters. The number of para-hydroxylation sites is 1. The van der Waals surface area contributed by atoms with Crippen molar-refractivity contribution in [2.75, 3.05) is 6.61 Å². The van der Waals surface area contributed by atoms with E-state index < -0.39 is 0 Å². The number of benzene rings is 1. The Labute approximate surface area is 115 Å². The molecule has 104 valence electrons. The van der Waals surface area contributed by atoms with E-state index in [4.69, 9.17) is 9.47 Å². The lowest BCUT2D eigenvalue weighted by Crippen LogP contribution is -2.25. The molecule has 0 radical (unpaired) electrons. The third-order valence-electron chi connectivity index (χ3n) is 2.67. The third-order valence-corrected chi connectivity index (χ3v) is 2.67. The molecule has 0 aliphatic rings. The molecule has 0 spiro atoms. The molecule has 0 N–H and O–H groups in total. The molecule has 0 bridgehead atoms. The SMILES string of the molecule is C=C(C)C(=O)OCC(CCCC)Oc1ccccc1. The van der Waals surface area contributed by atoms with Gasteiger partial charge in [-0.15, -0.1) is 0 Å². The van der Waals surface area contributed by atoms with Gasteiger partial charge in [0.15, 0.2) is 0 Å². The van der Waals surface area contributed by atoms with Crippen molar-refractivity contribution < 1.29 is 14.3 Å². The fraction of sp³-hybridized carbons (Fsp3) is 0.438. The van der Waals surface area contributed by atoms with Crippen LogP contribution in [0.4, 0.5) is 0 Å². The minimum Gasteiger partial charge on any atom is -0.487 e. The maximum absolute atomic E-state index is 11.4. The highest BCUT2D eigenvalue weighted by molar-refractivity contribution is 5.86. The van der Waals surface area contributed by atoms with Crippen molar-refractivity contribution in [3.8, 4) is 5.75 Å². The second-order valence-electron chi connectivity index (χ2n) is 4.57. The summed E-state index contributed by atoms with van der Waals surface area (Å²) in [7, 11) is 0. The summed E-state index contributed by atoms with van der Waals surface area (Å²) in [5, 5.41) is 0. The molecule has 0 saturated carbocycles. The highest BCUT2D eigenvalue weighted by Gasteiger charge is 2.13. The summed E-state index contributed by atoms with van der Waals surface area (Å²) >= 11 is 0. The van der Waals surface area contributed by atoms with Gasteiger partial charge in [-0.2, -0.15) is 0 Å². The average Bonchev–Trinajstić information content (AvgIpc) is 2.42. The first-order valence-electron chi connectivity index (χ1n) is 6.67. The summed E-state index contributed by atoms with van der Waals surface area (Å²) in [6.45, 7) is 7.59. The van der Waals surface area contributed by atoms with Gasteiger partial charge in [-0.3, -0.25) is 0 Å². The van der Waals surface area contributed by atoms with Gasteiger partial charge in [0.2, 0.25) is 0 Å². The lowest BCUT2D eigenvalue weighted by Gasteiger charge is -2.19. The maximum atomic E-state index is 11.4. The number of esters is 1. The van der Waals surface area contributed by atoms with E-state index in [1.807, 2.05) is 30.3 Å². The van der Waals surface area contributed by atoms with E-state index in [2.05, 4.69) is 13.5 Å². The molecular weight excluding hydrogens is 240 g/mol. The zero-order valence-corrected chi connectivity index (χ0v) is 11.7. The molecule has 0 amide bonds. The van der Waals surface area contributed by atoms with E-state index in [-0.39, 0.29) is 18.7 Å². The summed E-state index contributed by atoms with van der Waals surface area (Å²) < 4.78 is 11.0. The molecular formula is C16H22O3. The number of carbonyl (C=O) groups excluding carboxylic acids is 1. The highest BCUT2D eigenvalue weighted by Crippen LogP contribution is 2.14. The first-order valence-corrected chi connectivity index (χ1v) is 6.67. The molecule has 1 unspecified atom stereocenters. The smallest absolute Gasteiger partial charge is 0.333 e. The van der Waals surface area contributed by atoms with E-state index in [1.165, 1.54) is 0 Å². The molecule has 1 rings (SSSR count). The van der Waals surface area contributed by atoms with Gasteiger partial charge >= 0.3 is 5.97 Å². The molecule has 3 nitrogen and oxygen atoms in total. The van der Waals surface area contributed by atoms with Gasteiger partial charge in [-0.25, -0.2) is 4.79 Å². The molecule has 1 aromatic carbocycles. The maximum Gasteiger partial charge on any atom is 0.333 e. The van der Waals surface area contributed by atoms with Crippen molar-refractivity contribution in [1.82, 2.24) is 0 Å². The second kappa shape index (κ2) is 8.35. The van der Waals surface area contributed by atoms with E-state index >= 15 is 0 Å². The first kappa shape index (κ1) is 15.3. The van der Waals surface area contributed by atoms with Crippen molar-refractivity contribution in [3.05, 3.63) is 42.5 Å². The monoisotopic (exact) mass is 262 g/mol. The number of hydrogen-bond acceptors (Lipinski definition) is 3. The Morgan fingerprint density at radius 3 is 2.58 bits per heavy atom. The Bertz CT molecular complexity index is 398. The zero-order valence-electron chi connectivity index (χ0n) is 11.7. The molecule has 3 heteroatoms. The summed E-state index contributed by atoms with van der Waals surface area (Å²) in [5.74, 6) is 0.438. The average molecular weight is 262 g/mol. The fourth-order valence-electron chi connectivity index (χ4n) is 1.59. The van der Waals surface area contributed by atoms with E-state index in [0.29, 0.717) is 5.57 Å². The highest BCUT2D eigenvalue weighted by atomic mass is 16.6. The summed E-state index contributed by atoms with van der Waals surface area (Å²) in [6, 6.07) is 9.59. The Kier molecular flexibility index (Phi) is 6.72. The molecule has 0 aliphatic carbocycles. The van der Waals surface area contributed by atoms with Crippen LogP contribution in [0.3, 0.4) is 0 Å². The molecule has 0 aliphatic heterocycles. The van der Waals surface area contributed by atoms with E-state index in [0.717, 1.165) is 25.0 Å². The summed E-state index contributed by atoms with van der Waals surface area (Å²) in [6.07, 6.45) is 2.89. The van der Waals surface area contributed by atoms with Gasteiger partial charge in [0, 0.05) is 5.57 Å². The van der Waals surface area contributed by atoms with Crippen molar-refractivity contribution in [3.63, 3.8) is 0 Å². The minimum absolute atomic E-state index is 0.106.